The standard InChI is InChI=1S/C6H17PSi/c1-7(2)6-8(3,4)5/h6H2,1-5H3. The van der Waals surface area contributed by atoms with Crippen LogP contribution in [0.5, 0.6) is 0 Å². The van der Waals surface area contributed by atoms with Crippen molar-refractivity contribution < 1.29 is 0 Å². The molecule has 0 aromatic heterocycles. The van der Waals surface area contributed by atoms with Crippen LogP contribution in [-0.4, -0.2) is 27.2 Å². The van der Waals surface area contributed by atoms with Gasteiger partial charge in [-0.05, 0) is 19.1 Å². The maximum Gasteiger partial charge on any atom is 0.0485 e. The molecule has 0 spiro atoms. The molecule has 2 heteroatoms. The molecule has 0 saturated heterocycles. The maximum atomic E-state index is 2.44. The summed E-state index contributed by atoms with van der Waals surface area (Å²) in [5, 5.41) is 0. The van der Waals surface area contributed by atoms with E-state index in [1.807, 2.05) is 0 Å². The summed E-state index contributed by atoms with van der Waals surface area (Å²) in [6.07, 6.45) is 0. The molecule has 0 nitrogen and oxygen atoms in total. The lowest BCUT2D eigenvalue weighted by atomic mass is 11.7. The minimum Gasteiger partial charge on any atom is -0.116 e. The molecule has 0 heterocycles. The van der Waals surface area contributed by atoms with Crippen LogP contribution in [0.25, 0.3) is 0 Å². The highest BCUT2D eigenvalue weighted by Crippen LogP contribution is 2.28. The van der Waals surface area contributed by atoms with E-state index in [9.17, 15) is 0 Å². The van der Waals surface area contributed by atoms with Crippen LogP contribution in [-0.2, 0) is 0 Å². The van der Waals surface area contributed by atoms with E-state index in [-0.39, 0.29) is 0 Å². The summed E-state index contributed by atoms with van der Waals surface area (Å²) >= 11 is 0. The predicted octanol–water partition coefficient (Wildman–Crippen LogP) is 2.61. The van der Waals surface area contributed by atoms with Gasteiger partial charge in [0, 0.05) is 8.07 Å². The molecule has 8 heavy (non-hydrogen) atoms. The summed E-state index contributed by atoms with van der Waals surface area (Å²) in [5.41, 5.74) is 0. The normalized spacial score (nSPS) is 12.8. The lowest BCUT2D eigenvalue weighted by molar-refractivity contribution is 1.65. The van der Waals surface area contributed by atoms with Crippen molar-refractivity contribution in [2.45, 2.75) is 19.6 Å². The second-order valence-corrected chi connectivity index (χ2v) is 12.3. The monoisotopic (exact) mass is 148 g/mol. The summed E-state index contributed by atoms with van der Waals surface area (Å²) in [6, 6.07) is 0. The summed E-state index contributed by atoms with van der Waals surface area (Å²) in [7, 11) is -0.318. The van der Waals surface area contributed by atoms with Crippen molar-refractivity contribution in [3.8, 4) is 0 Å². The van der Waals surface area contributed by atoms with Gasteiger partial charge in [0.15, 0.2) is 0 Å². The van der Waals surface area contributed by atoms with Crippen LogP contribution >= 0.6 is 7.92 Å². The van der Waals surface area contributed by atoms with Gasteiger partial charge in [-0.25, -0.2) is 0 Å². The zero-order chi connectivity index (χ0) is 6.78. The topological polar surface area (TPSA) is 0 Å². The molecular weight excluding hydrogens is 131 g/mol. The van der Waals surface area contributed by atoms with E-state index in [2.05, 4.69) is 33.0 Å². The first-order valence-electron chi connectivity index (χ1n) is 3.06. The van der Waals surface area contributed by atoms with Gasteiger partial charge in [0.05, 0.1) is 0 Å². The average Bonchev–Trinajstić information content (AvgIpc) is 1.21. The van der Waals surface area contributed by atoms with Gasteiger partial charge in [-0.2, -0.15) is 0 Å². The minimum absolute atomic E-state index is 0.373. The Balaban J connectivity index is 3.39. The molecule has 0 saturated carbocycles. The van der Waals surface area contributed by atoms with E-state index in [4.69, 9.17) is 0 Å². The summed E-state index contributed by atoms with van der Waals surface area (Å²) < 4.78 is 0. The molecule has 50 valence electrons. The van der Waals surface area contributed by atoms with Gasteiger partial charge in [0.25, 0.3) is 0 Å². The molecule has 0 aromatic rings. The first kappa shape index (κ1) is 8.65. The smallest absolute Gasteiger partial charge is 0.0485 e. The highest BCUT2D eigenvalue weighted by atomic mass is 31.1. The van der Waals surface area contributed by atoms with Gasteiger partial charge >= 0.3 is 0 Å². The van der Waals surface area contributed by atoms with E-state index < -0.39 is 8.07 Å². The van der Waals surface area contributed by atoms with Crippen LogP contribution in [0.1, 0.15) is 0 Å². The van der Waals surface area contributed by atoms with E-state index >= 15 is 0 Å². The Bertz CT molecular complexity index is 63.4. The fraction of sp³-hybridized carbons (Fsp3) is 1.00. The Morgan fingerprint density at radius 2 is 1.50 bits per heavy atom. The molecule has 0 bridgehead atoms. The lowest BCUT2D eigenvalue weighted by Crippen LogP contribution is -2.24. The van der Waals surface area contributed by atoms with Gasteiger partial charge in [0.2, 0.25) is 0 Å². The maximum absolute atomic E-state index is 2.44. The first-order valence-corrected chi connectivity index (χ1v) is 9.19. The quantitative estimate of drug-likeness (QED) is 0.417. The molecule has 0 N–H and O–H groups in total. The predicted molar refractivity (Wildman–Crippen MR) is 47.0 cm³/mol. The van der Waals surface area contributed by atoms with Crippen molar-refractivity contribution in [1.29, 1.82) is 0 Å². The first-order chi connectivity index (χ1) is 3.42. The number of hydrogen-bond acceptors (Lipinski definition) is 0. The second-order valence-electron chi connectivity index (χ2n) is 3.80. The van der Waals surface area contributed by atoms with Crippen LogP contribution in [0.2, 0.25) is 19.6 Å². The average molecular weight is 148 g/mol. The largest absolute Gasteiger partial charge is 0.116 e. The molecule has 0 radical (unpaired) electrons. The third kappa shape index (κ3) is 6.65. The third-order valence-corrected chi connectivity index (χ3v) is 7.12. The molecule has 0 unspecified atom stereocenters. The molecule has 0 aliphatic heterocycles. The summed E-state index contributed by atoms with van der Waals surface area (Å²) in [5.74, 6) is 1.53. The van der Waals surface area contributed by atoms with Gasteiger partial charge in [-0.15, -0.1) is 7.92 Å². The summed E-state index contributed by atoms with van der Waals surface area (Å²) in [6.45, 7) is 12.1. The molecule has 0 atom stereocenters. The van der Waals surface area contributed by atoms with Crippen LogP contribution in [0.3, 0.4) is 0 Å². The Labute approximate surface area is 55.4 Å². The van der Waals surface area contributed by atoms with Crippen LogP contribution in [0.4, 0.5) is 0 Å². The summed E-state index contributed by atoms with van der Waals surface area (Å²) in [4.78, 5) is 0. The van der Waals surface area contributed by atoms with Gasteiger partial charge in [-0.1, -0.05) is 19.6 Å². The SMILES string of the molecule is CP(C)C[Si](C)(C)C. The fourth-order valence-corrected chi connectivity index (χ4v) is 8.54. The zero-order valence-electron chi connectivity index (χ0n) is 6.65. The number of rotatable bonds is 2. The third-order valence-electron chi connectivity index (χ3n) is 0.791. The highest BCUT2D eigenvalue weighted by molar-refractivity contribution is 7.58. The molecule has 0 fully saturated rings. The highest BCUT2D eigenvalue weighted by Gasteiger charge is 2.13. The van der Waals surface area contributed by atoms with Crippen molar-refractivity contribution in [2.75, 3.05) is 19.1 Å². The van der Waals surface area contributed by atoms with E-state index in [0.29, 0.717) is 7.92 Å². The molecule has 0 aliphatic carbocycles. The molecule has 0 amide bonds. The van der Waals surface area contributed by atoms with Gasteiger partial charge < -0.3 is 0 Å². The fourth-order valence-electron chi connectivity index (χ4n) is 0.949. The Kier molecular flexibility index (Phi) is 3.22. The van der Waals surface area contributed by atoms with Crippen LogP contribution in [0, 0.1) is 0 Å². The van der Waals surface area contributed by atoms with E-state index in [0.717, 1.165) is 0 Å². The van der Waals surface area contributed by atoms with Crippen LogP contribution in [0.15, 0.2) is 0 Å². The Hall–Kier alpha value is 0.647. The van der Waals surface area contributed by atoms with Crippen molar-refractivity contribution >= 4 is 16.0 Å². The molecule has 0 aromatic carbocycles. The van der Waals surface area contributed by atoms with Crippen molar-refractivity contribution in [3.63, 3.8) is 0 Å². The lowest BCUT2D eigenvalue weighted by Gasteiger charge is -2.17. The zero-order valence-corrected chi connectivity index (χ0v) is 8.55. The van der Waals surface area contributed by atoms with Crippen molar-refractivity contribution in [1.82, 2.24) is 0 Å². The Morgan fingerprint density at radius 1 is 1.12 bits per heavy atom. The van der Waals surface area contributed by atoms with Crippen molar-refractivity contribution in [2.24, 2.45) is 0 Å². The van der Waals surface area contributed by atoms with Gasteiger partial charge in [0.1, 0.15) is 0 Å². The van der Waals surface area contributed by atoms with E-state index in [1.54, 1.807) is 0 Å². The second kappa shape index (κ2) is 2.98. The Morgan fingerprint density at radius 3 is 1.50 bits per heavy atom. The van der Waals surface area contributed by atoms with Gasteiger partial charge in [-0.3, -0.25) is 0 Å². The molecular formula is C6H17PSi. The van der Waals surface area contributed by atoms with Crippen molar-refractivity contribution in [3.05, 3.63) is 0 Å². The molecule has 0 aliphatic rings. The van der Waals surface area contributed by atoms with Crippen LogP contribution < -0.4 is 0 Å². The number of hydrogen-bond donors (Lipinski definition) is 0. The molecule has 0 rings (SSSR count). The minimum atomic E-state index is -0.691. The van der Waals surface area contributed by atoms with E-state index in [1.165, 1.54) is 5.79 Å².